The van der Waals surface area contributed by atoms with Crippen LogP contribution in [-0.2, 0) is 22.4 Å². The number of rotatable bonds is 6. The third-order valence-corrected chi connectivity index (χ3v) is 6.18. The summed E-state index contributed by atoms with van der Waals surface area (Å²) in [6.45, 7) is 4.89. The number of thiophene rings is 1. The Bertz CT molecular complexity index is 730. The van der Waals surface area contributed by atoms with Crippen molar-refractivity contribution in [3.63, 3.8) is 0 Å². The summed E-state index contributed by atoms with van der Waals surface area (Å²) in [4.78, 5) is 23.9. The molecular weight excluding hydrogens is 330 g/mol. The van der Waals surface area contributed by atoms with Gasteiger partial charge in [0.05, 0.1) is 11.9 Å². The SMILES string of the molecule is COCCNC(=O)[C@@H](C)Sc1nc(C)nc2sc3c(c12)CCC3. The Morgan fingerprint density at radius 3 is 3.04 bits per heavy atom. The van der Waals surface area contributed by atoms with Crippen LogP contribution in [0.2, 0.25) is 0 Å². The van der Waals surface area contributed by atoms with E-state index in [0.717, 1.165) is 28.5 Å². The molecular formula is C16H21N3O2S2. The van der Waals surface area contributed by atoms with Gasteiger partial charge in [0, 0.05) is 23.9 Å². The first-order valence-corrected chi connectivity index (χ1v) is 9.52. The Morgan fingerprint density at radius 1 is 1.43 bits per heavy atom. The summed E-state index contributed by atoms with van der Waals surface area (Å²) >= 11 is 3.31. The topological polar surface area (TPSA) is 64.1 Å². The smallest absolute Gasteiger partial charge is 0.233 e. The van der Waals surface area contributed by atoms with Crippen LogP contribution in [0, 0.1) is 6.92 Å². The number of hydrogen-bond donors (Lipinski definition) is 1. The minimum absolute atomic E-state index is 0.0170. The van der Waals surface area contributed by atoms with Gasteiger partial charge in [-0.25, -0.2) is 9.97 Å². The van der Waals surface area contributed by atoms with E-state index in [2.05, 4.69) is 15.3 Å². The maximum Gasteiger partial charge on any atom is 0.233 e. The number of aryl methyl sites for hydroxylation is 3. The lowest BCUT2D eigenvalue weighted by Crippen LogP contribution is -2.33. The van der Waals surface area contributed by atoms with E-state index < -0.39 is 0 Å². The van der Waals surface area contributed by atoms with Gasteiger partial charge >= 0.3 is 0 Å². The number of hydrogen-bond acceptors (Lipinski definition) is 6. The van der Waals surface area contributed by atoms with Crippen molar-refractivity contribution < 1.29 is 9.53 Å². The molecule has 0 fully saturated rings. The van der Waals surface area contributed by atoms with Crippen LogP contribution in [0.4, 0.5) is 0 Å². The van der Waals surface area contributed by atoms with Gasteiger partial charge in [-0.1, -0.05) is 11.8 Å². The van der Waals surface area contributed by atoms with Crippen molar-refractivity contribution in [1.82, 2.24) is 15.3 Å². The molecule has 7 heteroatoms. The molecule has 3 rings (SSSR count). The highest BCUT2D eigenvalue weighted by molar-refractivity contribution is 8.00. The third kappa shape index (κ3) is 3.51. The Kier molecular flexibility index (Phi) is 5.18. The van der Waals surface area contributed by atoms with Gasteiger partial charge < -0.3 is 10.1 Å². The predicted molar refractivity (Wildman–Crippen MR) is 94.4 cm³/mol. The molecule has 1 aliphatic rings. The maximum atomic E-state index is 12.2. The monoisotopic (exact) mass is 351 g/mol. The second-order valence-electron chi connectivity index (χ2n) is 5.66. The van der Waals surface area contributed by atoms with Crippen molar-refractivity contribution in [3.8, 4) is 0 Å². The van der Waals surface area contributed by atoms with Crippen molar-refractivity contribution >= 4 is 39.2 Å². The zero-order valence-corrected chi connectivity index (χ0v) is 15.3. The van der Waals surface area contributed by atoms with Crippen molar-refractivity contribution in [1.29, 1.82) is 0 Å². The van der Waals surface area contributed by atoms with E-state index in [1.807, 2.05) is 13.8 Å². The first kappa shape index (κ1) is 16.7. The summed E-state index contributed by atoms with van der Waals surface area (Å²) in [6, 6.07) is 0. The highest BCUT2D eigenvalue weighted by Gasteiger charge is 2.24. The molecule has 1 aliphatic carbocycles. The number of amides is 1. The second kappa shape index (κ2) is 7.15. The average molecular weight is 351 g/mol. The zero-order chi connectivity index (χ0) is 16.4. The molecule has 2 aromatic heterocycles. The molecule has 1 amide bonds. The standard InChI is InChI=1S/C16H21N3O2S2/c1-9(14(20)17-7-8-21-3)22-15-13-11-5-4-6-12(11)23-16(13)19-10(2)18-15/h9H,4-8H2,1-3H3,(H,17,20)/t9-/m1/s1. The van der Waals surface area contributed by atoms with Gasteiger partial charge in [-0.05, 0) is 38.7 Å². The van der Waals surface area contributed by atoms with Crippen molar-refractivity contribution in [2.24, 2.45) is 0 Å². The molecule has 0 unspecified atom stereocenters. The Hall–Kier alpha value is -1.18. The molecule has 23 heavy (non-hydrogen) atoms. The Balaban J connectivity index is 1.83. The fraction of sp³-hybridized carbons (Fsp3) is 0.562. The zero-order valence-electron chi connectivity index (χ0n) is 13.6. The van der Waals surface area contributed by atoms with E-state index in [-0.39, 0.29) is 11.2 Å². The highest BCUT2D eigenvalue weighted by atomic mass is 32.2. The van der Waals surface area contributed by atoms with Gasteiger partial charge in [0.2, 0.25) is 5.91 Å². The summed E-state index contributed by atoms with van der Waals surface area (Å²) in [6.07, 6.45) is 3.46. The molecule has 2 aromatic rings. The molecule has 0 saturated heterocycles. The van der Waals surface area contributed by atoms with Crippen LogP contribution in [0.3, 0.4) is 0 Å². The van der Waals surface area contributed by atoms with Crippen LogP contribution in [0.5, 0.6) is 0 Å². The normalized spacial score (nSPS) is 14.9. The molecule has 0 radical (unpaired) electrons. The number of carbonyl (C=O) groups is 1. The molecule has 0 saturated carbocycles. The fourth-order valence-electron chi connectivity index (χ4n) is 2.79. The van der Waals surface area contributed by atoms with Gasteiger partial charge in [-0.15, -0.1) is 11.3 Å². The third-order valence-electron chi connectivity index (χ3n) is 3.91. The lowest BCUT2D eigenvalue weighted by molar-refractivity contribution is -0.120. The molecule has 2 heterocycles. The summed E-state index contributed by atoms with van der Waals surface area (Å²) in [5.41, 5.74) is 1.40. The summed E-state index contributed by atoms with van der Waals surface area (Å²) < 4.78 is 4.96. The van der Waals surface area contributed by atoms with E-state index in [1.165, 1.54) is 34.0 Å². The minimum atomic E-state index is -0.193. The number of methoxy groups -OCH3 is 1. The minimum Gasteiger partial charge on any atom is -0.383 e. The summed E-state index contributed by atoms with van der Waals surface area (Å²) in [5.74, 6) is 0.787. The number of carbonyl (C=O) groups excluding carboxylic acids is 1. The number of ether oxygens (including phenoxy) is 1. The van der Waals surface area contributed by atoms with Crippen LogP contribution < -0.4 is 5.32 Å². The van der Waals surface area contributed by atoms with E-state index in [4.69, 9.17) is 4.74 Å². The lowest BCUT2D eigenvalue weighted by Gasteiger charge is -2.12. The number of thioether (sulfide) groups is 1. The predicted octanol–water partition coefficient (Wildman–Crippen LogP) is 2.73. The first-order chi connectivity index (χ1) is 11.1. The van der Waals surface area contributed by atoms with Crippen molar-refractivity contribution in [2.75, 3.05) is 20.3 Å². The van der Waals surface area contributed by atoms with Gasteiger partial charge in [-0.2, -0.15) is 0 Å². The first-order valence-electron chi connectivity index (χ1n) is 7.82. The van der Waals surface area contributed by atoms with Gasteiger partial charge in [0.25, 0.3) is 0 Å². The maximum absolute atomic E-state index is 12.2. The molecule has 0 spiro atoms. The highest BCUT2D eigenvalue weighted by Crippen LogP contribution is 2.41. The van der Waals surface area contributed by atoms with Gasteiger partial charge in [-0.3, -0.25) is 4.79 Å². The van der Waals surface area contributed by atoms with Crippen LogP contribution >= 0.6 is 23.1 Å². The number of nitrogens with one attached hydrogen (secondary N) is 1. The van der Waals surface area contributed by atoms with Crippen LogP contribution in [-0.4, -0.2) is 41.4 Å². The number of aromatic nitrogens is 2. The second-order valence-corrected chi connectivity index (χ2v) is 8.07. The van der Waals surface area contributed by atoms with E-state index in [1.54, 1.807) is 18.4 Å². The van der Waals surface area contributed by atoms with Crippen LogP contribution in [0.25, 0.3) is 10.2 Å². The molecule has 1 N–H and O–H groups in total. The van der Waals surface area contributed by atoms with Crippen molar-refractivity contribution in [3.05, 3.63) is 16.3 Å². The Labute approximate surface area is 144 Å². The number of nitrogens with zero attached hydrogens (tertiary/aromatic N) is 2. The number of fused-ring (bicyclic) bond motifs is 3. The van der Waals surface area contributed by atoms with E-state index in [0.29, 0.717) is 13.2 Å². The van der Waals surface area contributed by atoms with Crippen LogP contribution in [0.15, 0.2) is 5.03 Å². The molecule has 0 aliphatic heterocycles. The van der Waals surface area contributed by atoms with Gasteiger partial charge in [0.1, 0.15) is 15.7 Å². The fourth-order valence-corrected chi connectivity index (χ4v) is 5.21. The quantitative estimate of drug-likeness (QED) is 0.492. The molecule has 0 aromatic carbocycles. The molecule has 0 bridgehead atoms. The van der Waals surface area contributed by atoms with Gasteiger partial charge in [0.15, 0.2) is 0 Å². The summed E-state index contributed by atoms with van der Waals surface area (Å²) in [5, 5.41) is 4.81. The van der Waals surface area contributed by atoms with Crippen LogP contribution in [0.1, 0.15) is 29.6 Å². The molecule has 5 nitrogen and oxygen atoms in total. The van der Waals surface area contributed by atoms with Crippen molar-refractivity contribution in [2.45, 2.75) is 43.4 Å². The lowest BCUT2D eigenvalue weighted by atomic mass is 10.2. The van der Waals surface area contributed by atoms with E-state index >= 15 is 0 Å². The summed E-state index contributed by atoms with van der Waals surface area (Å²) in [7, 11) is 1.63. The average Bonchev–Trinajstić information content (AvgIpc) is 3.07. The largest absolute Gasteiger partial charge is 0.383 e. The van der Waals surface area contributed by atoms with E-state index in [9.17, 15) is 4.79 Å². The molecule has 1 atom stereocenters. The Morgan fingerprint density at radius 2 is 2.26 bits per heavy atom. The molecule has 124 valence electrons.